The second kappa shape index (κ2) is 5.85. The summed E-state index contributed by atoms with van der Waals surface area (Å²) in [5.41, 5.74) is 7.28. The first-order chi connectivity index (χ1) is 8.20. The zero-order valence-electron chi connectivity index (χ0n) is 10.4. The van der Waals surface area contributed by atoms with E-state index in [0.717, 1.165) is 37.4 Å². The number of piperidine rings is 1. The van der Waals surface area contributed by atoms with E-state index in [0.29, 0.717) is 12.1 Å². The highest BCUT2D eigenvalue weighted by atomic mass is 35.5. The number of likely N-dealkylation sites (tertiary alicyclic amines) is 1. The lowest BCUT2D eigenvalue weighted by Gasteiger charge is -2.36. The number of rotatable bonds is 3. The Morgan fingerprint density at radius 3 is 2.71 bits per heavy atom. The maximum Gasteiger partial charge on any atom is 0.0409 e. The van der Waals surface area contributed by atoms with Crippen molar-refractivity contribution in [2.75, 3.05) is 13.1 Å². The molecule has 1 aromatic carbocycles. The SMILES string of the molecule is CCC(c1cccc(Cl)c1)N1CCC(N)CC1. The van der Waals surface area contributed by atoms with Crippen LogP contribution in [0.5, 0.6) is 0 Å². The van der Waals surface area contributed by atoms with Crippen molar-refractivity contribution >= 4 is 11.6 Å². The normalized spacial score (nSPS) is 20.4. The van der Waals surface area contributed by atoms with Crippen molar-refractivity contribution in [3.05, 3.63) is 34.9 Å². The summed E-state index contributed by atoms with van der Waals surface area (Å²) in [5.74, 6) is 0. The molecular formula is C14H21ClN2. The zero-order chi connectivity index (χ0) is 12.3. The molecule has 1 atom stereocenters. The average Bonchev–Trinajstić information content (AvgIpc) is 2.33. The van der Waals surface area contributed by atoms with Crippen LogP contribution in [-0.4, -0.2) is 24.0 Å². The van der Waals surface area contributed by atoms with Crippen LogP contribution in [0.2, 0.25) is 5.02 Å². The lowest BCUT2D eigenvalue weighted by atomic mass is 9.98. The number of halogens is 1. The summed E-state index contributed by atoms with van der Waals surface area (Å²) >= 11 is 6.07. The van der Waals surface area contributed by atoms with Crippen molar-refractivity contribution in [2.45, 2.75) is 38.3 Å². The molecule has 0 aliphatic carbocycles. The van der Waals surface area contributed by atoms with Crippen LogP contribution < -0.4 is 5.73 Å². The predicted octanol–water partition coefficient (Wildman–Crippen LogP) is 3.21. The van der Waals surface area contributed by atoms with Crippen LogP contribution in [0.3, 0.4) is 0 Å². The van der Waals surface area contributed by atoms with Gasteiger partial charge >= 0.3 is 0 Å². The highest BCUT2D eigenvalue weighted by Crippen LogP contribution is 2.28. The van der Waals surface area contributed by atoms with Crippen LogP contribution in [-0.2, 0) is 0 Å². The molecule has 1 fully saturated rings. The maximum atomic E-state index is 6.07. The van der Waals surface area contributed by atoms with Crippen molar-refractivity contribution in [1.29, 1.82) is 0 Å². The molecule has 17 heavy (non-hydrogen) atoms. The summed E-state index contributed by atoms with van der Waals surface area (Å²) in [6.45, 7) is 4.44. The smallest absolute Gasteiger partial charge is 0.0409 e. The van der Waals surface area contributed by atoms with Crippen LogP contribution in [0.25, 0.3) is 0 Å². The third-order valence-corrected chi connectivity index (χ3v) is 3.87. The first-order valence-electron chi connectivity index (χ1n) is 6.45. The van der Waals surface area contributed by atoms with E-state index < -0.39 is 0 Å². The van der Waals surface area contributed by atoms with Gasteiger partial charge in [0.15, 0.2) is 0 Å². The third-order valence-electron chi connectivity index (χ3n) is 3.64. The quantitative estimate of drug-likeness (QED) is 0.895. The van der Waals surface area contributed by atoms with E-state index in [1.54, 1.807) is 0 Å². The second-order valence-electron chi connectivity index (χ2n) is 4.85. The second-order valence-corrected chi connectivity index (χ2v) is 5.29. The molecule has 1 heterocycles. The molecule has 2 nitrogen and oxygen atoms in total. The van der Waals surface area contributed by atoms with Gasteiger partial charge in [-0.1, -0.05) is 30.7 Å². The molecule has 0 saturated carbocycles. The van der Waals surface area contributed by atoms with Crippen LogP contribution in [0.15, 0.2) is 24.3 Å². The molecule has 1 unspecified atom stereocenters. The Morgan fingerprint density at radius 1 is 1.41 bits per heavy atom. The highest BCUT2D eigenvalue weighted by Gasteiger charge is 2.23. The van der Waals surface area contributed by atoms with Gasteiger partial charge < -0.3 is 5.73 Å². The Labute approximate surface area is 109 Å². The minimum Gasteiger partial charge on any atom is -0.328 e. The van der Waals surface area contributed by atoms with Crippen LogP contribution in [0.1, 0.15) is 37.8 Å². The van der Waals surface area contributed by atoms with Gasteiger partial charge in [-0.25, -0.2) is 0 Å². The molecule has 0 radical (unpaired) electrons. The Bertz CT molecular complexity index is 359. The van der Waals surface area contributed by atoms with Crippen molar-refractivity contribution in [2.24, 2.45) is 5.73 Å². The molecule has 3 heteroatoms. The first kappa shape index (κ1) is 12.9. The molecule has 94 valence electrons. The molecule has 0 bridgehead atoms. The summed E-state index contributed by atoms with van der Waals surface area (Å²) in [7, 11) is 0. The molecule has 1 aliphatic rings. The summed E-state index contributed by atoms with van der Waals surface area (Å²) in [4.78, 5) is 2.54. The number of hydrogen-bond acceptors (Lipinski definition) is 2. The van der Waals surface area contributed by atoms with Crippen molar-refractivity contribution < 1.29 is 0 Å². The monoisotopic (exact) mass is 252 g/mol. The molecular weight excluding hydrogens is 232 g/mol. The van der Waals surface area contributed by atoms with Gasteiger partial charge in [-0.3, -0.25) is 4.90 Å². The summed E-state index contributed by atoms with van der Waals surface area (Å²) in [6, 6.07) is 9.11. The summed E-state index contributed by atoms with van der Waals surface area (Å²) in [5, 5.41) is 0.828. The van der Waals surface area contributed by atoms with E-state index in [9.17, 15) is 0 Å². The fraction of sp³-hybridized carbons (Fsp3) is 0.571. The van der Waals surface area contributed by atoms with Gasteiger partial charge in [-0.05, 0) is 37.0 Å². The fourth-order valence-corrected chi connectivity index (χ4v) is 2.85. The predicted molar refractivity (Wildman–Crippen MR) is 73.3 cm³/mol. The zero-order valence-corrected chi connectivity index (χ0v) is 11.2. The summed E-state index contributed by atoms with van der Waals surface area (Å²) in [6.07, 6.45) is 3.34. The van der Waals surface area contributed by atoms with Gasteiger partial charge in [-0.2, -0.15) is 0 Å². The van der Waals surface area contributed by atoms with E-state index in [2.05, 4.69) is 24.0 Å². The van der Waals surface area contributed by atoms with Gasteiger partial charge in [-0.15, -0.1) is 0 Å². The Hall–Kier alpha value is -0.570. The lowest BCUT2D eigenvalue weighted by Crippen LogP contribution is -2.41. The van der Waals surface area contributed by atoms with E-state index in [1.807, 2.05) is 12.1 Å². The minimum atomic E-state index is 0.392. The molecule has 0 spiro atoms. The number of hydrogen-bond donors (Lipinski definition) is 1. The fourth-order valence-electron chi connectivity index (χ4n) is 2.65. The molecule has 2 N–H and O–H groups in total. The minimum absolute atomic E-state index is 0.392. The van der Waals surface area contributed by atoms with Crippen LogP contribution in [0.4, 0.5) is 0 Å². The number of benzene rings is 1. The van der Waals surface area contributed by atoms with E-state index in [-0.39, 0.29) is 0 Å². The Balaban J connectivity index is 2.10. The van der Waals surface area contributed by atoms with E-state index >= 15 is 0 Å². The van der Waals surface area contributed by atoms with Crippen molar-refractivity contribution in [3.63, 3.8) is 0 Å². The van der Waals surface area contributed by atoms with E-state index in [1.165, 1.54) is 5.56 Å². The Kier molecular flexibility index (Phi) is 4.43. The molecule has 0 amide bonds. The van der Waals surface area contributed by atoms with Crippen LogP contribution >= 0.6 is 11.6 Å². The Morgan fingerprint density at radius 2 is 2.12 bits per heavy atom. The van der Waals surface area contributed by atoms with Gasteiger partial charge in [0.2, 0.25) is 0 Å². The first-order valence-corrected chi connectivity index (χ1v) is 6.83. The molecule has 2 rings (SSSR count). The van der Waals surface area contributed by atoms with Gasteiger partial charge in [0.05, 0.1) is 0 Å². The lowest BCUT2D eigenvalue weighted by molar-refractivity contribution is 0.149. The number of nitrogens with two attached hydrogens (primary N) is 1. The molecule has 1 aliphatic heterocycles. The van der Waals surface area contributed by atoms with E-state index in [4.69, 9.17) is 17.3 Å². The van der Waals surface area contributed by atoms with Gasteiger partial charge in [0, 0.05) is 30.2 Å². The largest absolute Gasteiger partial charge is 0.328 e. The number of nitrogens with zero attached hydrogens (tertiary/aromatic N) is 1. The van der Waals surface area contributed by atoms with Crippen LogP contribution in [0, 0.1) is 0 Å². The van der Waals surface area contributed by atoms with Crippen molar-refractivity contribution in [1.82, 2.24) is 4.90 Å². The van der Waals surface area contributed by atoms with Gasteiger partial charge in [0.25, 0.3) is 0 Å². The highest BCUT2D eigenvalue weighted by molar-refractivity contribution is 6.30. The molecule has 1 saturated heterocycles. The topological polar surface area (TPSA) is 29.3 Å². The maximum absolute atomic E-state index is 6.07. The molecule has 1 aromatic rings. The molecule has 0 aromatic heterocycles. The van der Waals surface area contributed by atoms with Gasteiger partial charge in [0.1, 0.15) is 0 Å². The third kappa shape index (κ3) is 3.21. The standard InChI is InChI=1S/C14H21ClN2/c1-2-14(11-4-3-5-12(15)10-11)17-8-6-13(16)7-9-17/h3-5,10,13-14H,2,6-9,16H2,1H3. The summed E-state index contributed by atoms with van der Waals surface area (Å²) < 4.78 is 0. The van der Waals surface area contributed by atoms with Crippen molar-refractivity contribution in [3.8, 4) is 0 Å². The average molecular weight is 253 g/mol.